The molecule has 1 heterocycles. The van der Waals surface area contributed by atoms with Crippen molar-refractivity contribution >= 4 is 0 Å². The summed E-state index contributed by atoms with van der Waals surface area (Å²) in [5.41, 5.74) is 6.34. The summed E-state index contributed by atoms with van der Waals surface area (Å²) in [5.74, 6) is 3.03. The number of aromatic nitrogens is 2. The lowest BCUT2D eigenvalue weighted by atomic mass is 9.68. The lowest BCUT2D eigenvalue weighted by molar-refractivity contribution is 0.165. The molecule has 0 aliphatic heterocycles. The Morgan fingerprint density at radius 1 is 1.19 bits per heavy atom. The van der Waals surface area contributed by atoms with E-state index < -0.39 is 0 Å². The topological polar surface area (TPSA) is 64.9 Å². The Morgan fingerprint density at radius 2 is 1.86 bits per heavy atom. The summed E-state index contributed by atoms with van der Waals surface area (Å²) in [6.45, 7) is 7.69. The summed E-state index contributed by atoms with van der Waals surface area (Å²) in [6, 6.07) is 0. The smallest absolute Gasteiger partial charge is 0.234 e. The molecule has 2 N–H and O–H groups in total. The maximum Gasteiger partial charge on any atom is 0.234 e. The molecule has 2 aliphatic carbocycles. The minimum absolute atomic E-state index is 0.00609. The molecular formula is C17H29N3O. The zero-order valence-corrected chi connectivity index (χ0v) is 13.7. The van der Waals surface area contributed by atoms with Gasteiger partial charge in [-0.2, -0.15) is 4.98 Å². The van der Waals surface area contributed by atoms with Crippen LogP contribution in [0.15, 0.2) is 4.52 Å². The Kier molecular flexibility index (Phi) is 3.85. The van der Waals surface area contributed by atoms with E-state index in [2.05, 4.69) is 25.9 Å². The molecule has 0 spiro atoms. The second-order valence-electron chi connectivity index (χ2n) is 8.21. The van der Waals surface area contributed by atoms with Gasteiger partial charge in [-0.25, -0.2) is 0 Å². The molecule has 1 aromatic heterocycles. The van der Waals surface area contributed by atoms with Crippen LogP contribution in [-0.4, -0.2) is 16.7 Å². The van der Waals surface area contributed by atoms with Crippen LogP contribution in [0, 0.1) is 11.3 Å². The van der Waals surface area contributed by atoms with E-state index in [9.17, 15) is 0 Å². The van der Waals surface area contributed by atoms with E-state index in [-0.39, 0.29) is 5.41 Å². The molecule has 3 rings (SSSR count). The van der Waals surface area contributed by atoms with Crippen molar-refractivity contribution in [3.8, 4) is 0 Å². The van der Waals surface area contributed by atoms with Crippen LogP contribution < -0.4 is 5.73 Å². The molecule has 0 amide bonds. The largest absolute Gasteiger partial charge is 0.339 e. The number of nitrogens with two attached hydrogens (primary N) is 1. The number of nitrogens with zero attached hydrogens (tertiary/aromatic N) is 2. The van der Waals surface area contributed by atoms with Crippen LogP contribution in [0.1, 0.15) is 83.3 Å². The summed E-state index contributed by atoms with van der Waals surface area (Å²) >= 11 is 0. The minimum Gasteiger partial charge on any atom is -0.339 e. The fourth-order valence-electron chi connectivity index (χ4n) is 3.94. The molecule has 0 unspecified atom stereocenters. The zero-order valence-electron chi connectivity index (χ0n) is 13.7. The summed E-state index contributed by atoms with van der Waals surface area (Å²) in [5, 5.41) is 4.28. The van der Waals surface area contributed by atoms with Gasteiger partial charge in [-0.15, -0.1) is 0 Å². The molecule has 0 atom stereocenters. The first-order valence-electron chi connectivity index (χ1n) is 8.49. The maximum absolute atomic E-state index is 5.93. The summed E-state index contributed by atoms with van der Waals surface area (Å²) in [6.07, 6.45) is 8.36. The third kappa shape index (κ3) is 2.75. The second kappa shape index (κ2) is 5.38. The van der Waals surface area contributed by atoms with E-state index in [1.165, 1.54) is 32.1 Å². The molecule has 2 fully saturated rings. The van der Waals surface area contributed by atoms with Gasteiger partial charge in [0.15, 0.2) is 5.82 Å². The zero-order chi connectivity index (χ0) is 15.1. The van der Waals surface area contributed by atoms with Crippen LogP contribution in [0.25, 0.3) is 0 Å². The van der Waals surface area contributed by atoms with Gasteiger partial charge < -0.3 is 10.3 Å². The molecule has 21 heavy (non-hydrogen) atoms. The van der Waals surface area contributed by atoms with Crippen LogP contribution in [0.3, 0.4) is 0 Å². The number of rotatable bonds is 3. The lowest BCUT2D eigenvalue weighted by Gasteiger charge is -2.37. The molecular weight excluding hydrogens is 262 g/mol. The van der Waals surface area contributed by atoms with Crippen molar-refractivity contribution in [3.05, 3.63) is 11.7 Å². The fourth-order valence-corrected chi connectivity index (χ4v) is 3.94. The van der Waals surface area contributed by atoms with Gasteiger partial charge in [0.25, 0.3) is 0 Å². The highest BCUT2D eigenvalue weighted by atomic mass is 16.5. The van der Waals surface area contributed by atoms with Crippen LogP contribution in [0.2, 0.25) is 0 Å². The van der Waals surface area contributed by atoms with Gasteiger partial charge in [0.05, 0.1) is 5.41 Å². The standard InChI is InChI=1S/C17H29N3O/c1-16(2,3)13-7-5-12(6-8-13)14-19-15(21-20-14)17(11-18)9-4-10-17/h12-13H,4-11,18H2,1-3H3. The first kappa shape index (κ1) is 15.0. The summed E-state index contributed by atoms with van der Waals surface area (Å²) in [4.78, 5) is 4.73. The lowest BCUT2D eigenvalue weighted by Crippen LogP contribution is -2.41. The molecule has 1 aromatic rings. The van der Waals surface area contributed by atoms with Gasteiger partial charge in [-0.3, -0.25) is 0 Å². The Labute approximate surface area is 127 Å². The molecule has 0 saturated heterocycles. The van der Waals surface area contributed by atoms with E-state index in [0.717, 1.165) is 30.5 Å². The van der Waals surface area contributed by atoms with Crippen LogP contribution in [0.5, 0.6) is 0 Å². The van der Waals surface area contributed by atoms with Crippen molar-refractivity contribution in [2.45, 2.75) is 77.0 Å². The summed E-state index contributed by atoms with van der Waals surface area (Å²) in [7, 11) is 0. The highest BCUT2D eigenvalue weighted by Gasteiger charge is 2.43. The Hall–Kier alpha value is -0.900. The van der Waals surface area contributed by atoms with Crippen LogP contribution in [0.4, 0.5) is 0 Å². The molecule has 118 valence electrons. The minimum atomic E-state index is -0.00609. The Balaban J connectivity index is 1.65. The highest BCUT2D eigenvalue weighted by molar-refractivity contribution is 5.12. The van der Waals surface area contributed by atoms with Gasteiger partial charge in [0, 0.05) is 12.5 Å². The quantitative estimate of drug-likeness (QED) is 0.920. The van der Waals surface area contributed by atoms with Crippen molar-refractivity contribution in [1.82, 2.24) is 10.1 Å². The van der Waals surface area contributed by atoms with Crippen molar-refractivity contribution in [3.63, 3.8) is 0 Å². The predicted molar refractivity (Wildman–Crippen MR) is 83.0 cm³/mol. The number of hydrogen-bond donors (Lipinski definition) is 1. The van der Waals surface area contributed by atoms with E-state index >= 15 is 0 Å². The fraction of sp³-hybridized carbons (Fsp3) is 0.882. The maximum atomic E-state index is 5.93. The average molecular weight is 291 g/mol. The van der Waals surface area contributed by atoms with Gasteiger partial charge in [0.2, 0.25) is 5.89 Å². The SMILES string of the molecule is CC(C)(C)C1CCC(c2noc(C3(CN)CCC3)n2)CC1. The summed E-state index contributed by atoms with van der Waals surface area (Å²) < 4.78 is 5.57. The molecule has 0 bridgehead atoms. The molecule has 0 aromatic carbocycles. The molecule has 2 aliphatic rings. The van der Waals surface area contributed by atoms with Crippen molar-refractivity contribution < 1.29 is 4.52 Å². The molecule has 4 nitrogen and oxygen atoms in total. The van der Waals surface area contributed by atoms with Gasteiger partial charge in [-0.05, 0) is 49.9 Å². The Bertz CT molecular complexity index is 471. The Morgan fingerprint density at radius 3 is 2.33 bits per heavy atom. The first-order chi connectivity index (χ1) is 9.94. The van der Waals surface area contributed by atoms with Crippen molar-refractivity contribution in [2.75, 3.05) is 6.54 Å². The van der Waals surface area contributed by atoms with Gasteiger partial charge in [-0.1, -0.05) is 32.3 Å². The molecule has 0 radical (unpaired) electrons. The van der Waals surface area contributed by atoms with Crippen LogP contribution in [-0.2, 0) is 5.41 Å². The normalized spacial score (nSPS) is 29.1. The monoisotopic (exact) mass is 291 g/mol. The van der Waals surface area contributed by atoms with Crippen LogP contribution >= 0.6 is 0 Å². The highest BCUT2D eigenvalue weighted by Crippen LogP contribution is 2.45. The molecule has 2 saturated carbocycles. The van der Waals surface area contributed by atoms with Gasteiger partial charge >= 0.3 is 0 Å². The van der Waals surface area contributed by atoms with E-state index in [1.54, 1.807) is 0 Å². The molecule has 4 heteroatoms. The van der Waals surface area contributed by atoms with E-state index in [1.807, 2.05) is 0 Å². The third-order valence-corrected chi connectivity index (χ3v) is 5.91. The van der Waals surface area contributed by atoms with Gasteiger partial charge in [0.1, 0.15) is 0 Å². The predicted octanol–water partition coefficient (Wildman–Crippen LogP) is 3.77. The number of hydrogen-bond acceptors (Lipinski definition) is 4. The second-order valence-corrected chi connectivity index (χ2v) is 8.21. The van der Waals surface area contributed by atoms with Crippen molar-refractivity contribution in [1.29, 1.82) is 0 Å². The first-order valence-corrected chi connectivity index (χ1v) is 8.49. The van der Waals surface area contributed by atoms with E-state index in [0.29, 0.717) is 17.9 Å². The van der Waals surface area contributed by atoms with Crippen molar-refractivity contribution in [2.24, 2.45) is 17.1 Å². The average Bonchev–Trinajstić information content (AvgIpc) is 2.87. The third-order valence-electron chi connectivity index (χ3n) is 5.91. The van der Waals surface area contributed by atoms with E-state index in [4.69, 9.17) is 15.2 Å².